The number of phosphoric ester groups is 1. The highest BCUT2D eigenvalue weighted by Gasteiger charge is 2.41. The second kappa shape index (κ2) is 17.5. The number of rotatable bonds is 21. The van der Waals surface area contributed by atoms with Crippen LogP contribution in [-0.2, 0) is 37.8 Å². The van der Waals surface area contributed by atoms with Gasteiger partial charge >= 0.3 is 19.8 Å². The summed E-state index contributed by atoms with van der Waals surface area (Å²) in [6.45, 7) is 4.11. The van der Waals surface area contributed by atoms with Gasteiger partial charge in [0.1, 0.15) is 0 Å². The van der Waals surface area contributed by atoms with E-state index in [9.17, 15) is 22.6 Å². The lowest BCUT2D eigenvalue weighted by atomic mass is 10.1. The third-order valence-electron chi connectivity index (χ3n) is 4.68. The molecule has 32 heavy (non-hydrogen) atoms. The molecule has 0 aromatic carbocycles. The summed E-state index contributed by atoms with van der Waals surface area (Å²) in [5.74, 6) is -3.34. The molecule has 0 aliphatic rings. The van der Waals surface area contributed by atoms with Gasteiger partial charge in [0.25, 0.3) is 10.1 Å². The van der Waals surface area contributed by atoms with Crippen molar-refractivity contribution in [2.75, 3.05) is 13.2 Å². The van der Waals surface area contributed by atoms with Crippen molar-refractivity contribution in [2.24, 2.45) is 0 Å². The fraction of sp³-hybridized carbons (Fsp3) is 0.900. The molecular weight excluding hydrogens is 463 g/mol. The van der Waals surface area contributed by atoms with Crippen LogP contribution < -0.4 is 0 Å². The van der Waals surface area contributed by atoms with Crippen molar-refractivity contribution in [2.45, 2.75) is 103 Å². The van der Waals surface area contributed by atoms with Crippen molar-refractivity contribution < 1.29 is 45.8 Å². The highest BCUT2D eigenvalue weighted by Crippen LogP contribution is 2.50. The van der Waals surface area contributed by atoms with Crippen LogP contribution >= 0.6 is 7.82 Å². The van der Waals surface area contributed by atoms with Crippen LogP contribution in [0.2, 0.25) is 0 Å². The lowest BCUT2D eigenvalue weighted by Crippen LogP contribution is -2.33. The Morgan fingerprint density at radius 3 is 1.59 bits per heavy atom. The molecule has 0 rings (SSSR count). The normalized spacial score (nSPS) is 13.1. The Morgan fingerprint density at radius 2 is 1.22 bits per heavy atom. The van der Waals surface area contributed by atoms with Gasteiger partial charge < -0.3 is 9.63 Å². The maximum absolute atomic E-state index is 12.9. The summed E-state index contributed by atoms with van der Waals surface area (Å²) in [4.78, 5) is 23.0. The minimum Gasteiger partial charge on any atom is -0.481 e. The fourth-order valence-corrected chi connectivity index (χ4v) is 4.79. The first kappa shape index (κ1) is 31.0. The van der Waals surface area contributed by atoms with E-state index in [1.54, 1.807) is 0 Å². The summed E-state index contributed by atoms with van der Waals surface area (Å²) in [5, 5.41) is 6.38. The molecule has 0 amide bonds. The zero-order valence-corrected chi connectivity index (χ0v) is 20.9. The summed E-state index contributed by atoms with van der Waals surface area (Å²) in [7, 11) is -9.58. The SMILES string of the molecule is CCCCCCCCOP(=O)(OCCCCCCCC)OC(=O)C(CC(=O)O)S(=O)(=O)O. The smallest absolute Gasteiger partial charge is 0.481 e. The largest absolute Gasteiger partial charge is 0.532 e. The van der Waals surface area contributed by atoms with Gasteiger partial charge in [-0.25, -0.2) is 4.57 Å². The summed E-state index contributed by atoms with van der Waals surface area (Å²) in [6, 6.07) is 0. The predicted molar refractivity (Wildman–Crippen MR) is 120 cm³/mol. The molecule has 0 aliphatic carbocycles. The number of carboxylic acids is 1. The average Bonchev–Trinajstić information content (AvgIpc) is 2.69. The van der Waals surface area contributed by atoms with E-state index in [1.165, 1.54) is 0 Å². The number of aliphatic carboxylic acids is 1. The molecule has 0 saturated heterocycles. The second-order valence-electron chi connectivity index (χ2n) is 7.66. The Kier molecular flexibility index (Phi) is 16.9. The molecule has 10 nitrogen and oxygen atoms in total. The zero-order chi connectivity index (χ0) is 24.5. The van der Waals surface area contributed by atoms with Gasteiger partial charge in [0.2, 0.25) is 0 Å². The molecule has 0 aliphatic heterocycles. The quantitative estimate of drug-likeness (QED) is 0.123. The first-order valence-corrected chi connectivity index (χ1v) is 14.3. The molecular formula is C20H39O10PS. The first-order chi connectivity index (χ1) is 15.1. The van der Waals surface area contributed by atoms with E-state index in [1.807, 2.05) is 0 Å². The van der Waals surface area contributed by atoms with E-state index >= 15 is 0 Å². The number of unbranched alkanes of at least 4 members (excludes halogenated alkanes) is 10. The minimum absolute atomic E-state index is 0.0390. The Morgan fingerprint density at radius 1 is 0.812 bits per heavy atom. The molecule has 0 aromatic rings. The Balaban J connectivity index is 4.92. The predicted octanol–water partition coefficient (Wildman–Crippen LogP) is 5.12. The number of hydrogen-bond donors (Lipinski definition) is 2. The summed E-state index contributed by atoms with van der Waals surface area (Å²) >= 11 is 0. The van der Waals surface area contributed by atoms with Crippen LogP contribution in [0.15, 0.2) is 0 Å². The minimum atomic E-state index is -5.10. The molecule has 0 bridgehead atoms. The molecule has 0 heterocycles. The van der Waals surface area contributed by atoms with Crippen molar-refractivity contribution >= 4 is 29.9 Å². The molecule has 190 valence electrons. The lowest BCUT2D eigenvalue weighted by Gasteiger charge is -2.19. The maximum Gasteiger partial charge on any atom is 0.532 e. The maximum atomic E-state index is 12.9. The van der Waals surface area contributed by atoms with Crippen LogP contribution in [0.3, 0.4) is 0 Å². The molecule has 0 radical (unpaired) electrons. The molecule has 0 saturated carbocycles. The van der Waals surface area contributed by atoms with Crippen LogP contribution in [-0.4, -0.2) is 48.5 Å². The van der Waals surface area contributed by atoms with Gasteiger partial charge in [0.15, 0.2) is 5.25 Å². The van der Waals surface area contributed by atoms with E-state index in [0.29, 0.717) is 12.8 Å². The topological polar surface area (TPSA) is 154 Å². The van der Waals surface area contributed by atoms with Crippen LogP contribution in [0.25, 0.3) is 0 Å². The van der Waals surface area contributed by atoms with Crippen molar-refractivity contribution in [3.8, 4) is 0 Å². The molecule has 1 unspecified atom stereocenters. The van der Waals surface area contributed by atoms with Gasteiger partial charge in [-0.1, -0.05) is 78.1 Å². The number of hydrogen-bond acceptors (Lipinski definition) is 8. The van der Waals surface area contributed by atoms with Crippen molar-refractivity contribution in [1.29, 1.82) is 0 Å². The first-order valence-electron chi connectivity index (χ1n) is 11.4. The molecule has 1 atom stereocenters. The highest BCUT2D eigenvalue weighted by molar-refractivity contribution is 7.87. The zero-order valence-electron chi connectivity index (χ0n) is 19.2. The van der Waals surface area contributed by atoms with Gasteiger partial charge in [-0.05, 0) is 12.8 Å². The van der Waals surface area contributed by atoms with E-state index in [-0.39, 0.29) is 13.2 Å². The van der Waals surface area contributed by atoms with Crippen molar-refractivity contribution in [1.82, 2.24) is 0 Å². The van der Waals surface area contributed by atoms with E-state index < -0.39 is 41.6 Å². The van der Waals surface area contributed by atoms with Gasteiger partial charge in [-0.3, -0.25) is 23.2 Å². The van der Waals surface area contributed by atoms with Crippen molar-refractivity contribution in [3.05, 3.63) is 0 Å². The third kappa shape index (κ3) is 15.7. The van der Waals surface area contributed by atoms with E-state index in [2.05, 4.69) is 18.4 Å². The fourth-order valence-electron chi connectivity index (χ4n) is 2.85. The van der Waals surface area contributed by atoms with Crippen LogP contribution in [0, 0.1) is 0 Å². The van der Waals surface area contributed by atoms with Gasteiger partial charge in [-0.15, -0.1) is 0 Å². The summed E-state index contributed by atoms with van der Waals surface area (Å²) in [6.07, 6.45) is 9.88. The molecule has 12 heteroatoms. The monoisotopic (exact) mass is 502 g/mol. The number of phosphoric acid groups is 1. The summed E-state index contributed by atoms with van der Waals surface area (Å²) in [5.41, 5.74) is 0. The van der Waals surface area contributed by atoms with Crippen LogP contribution in [0.5, 0.6) is 0 Å². The third-order valence-corrected chi connectivity index (χ3v) is 7.16. The number of carboxylic acid groups (broad SMARTS) is 1. The molecule has 0 spiro atoms. The summed E-state index contributed by atoms with van der Waals surface area (Å²) < 4.78 is 59.9. The standard InChI is InChI=1S/C20H39O10PS/c1-3-5-7-9-11-13-15-28-31(24,29-16-14-12-10-8-6-4-2)30-20(23)18(17-19(21)22)32(25,26)27/h18H,3-17H2,1-2H3,(H,21,22)(H,25,26,27). The average molecular weight is 503 g/mol. The van der Waals surface area contributed by atoms with Crippen LogP contribution in [0.1, 0.15) is 97.3 Å². The Hall–Kier alpha value is -1.00. The number of carbonyl (C=O) groups excluding carboxylic acids is 1. The molecule has 0 fully saturated rings. The Labute approximate surface area is 191 Å². The van der Waals surface area contributed by atoms with Crippen LogP contribution in [0.4, 0.5) is 0 Å². The molecule has 2 N–H and O–H groups in total. The number of carbonyl (C=O) groups is 2. The lowest BCUT2D eigenvalue weighted by molar-refractivity contribution is -0.143. The van der Waals surface area contributed by atoms with E-state index in [4.69, 9.17) is 18.7 Å². The second-order valence-corrected chi connectivity index (χ2v) is 10.9. The van der Waals surface area contributed by atoms with Crippen molar-refractivity contribution in [3.63, 3.8) is 0 Å². The Bertz CT molecular complexity index is 658. The van der Waals surface area contributed by atoms with Gasteiger partial charge in [-0.2, -0.15) is 8.42 Å². The van der Waals surface area contributed by atoms with Gasteiger partial charge in [0, 0.05) is 0 Å². The van der Waals surface area contributed by atoms with E-state index in [0.717, 1.165) is 64.2 Å². The van der Waals surface area contributed by atoms with Gasteiger partial charge in [0.05, 0.1) is 19.6 Å². The highest BCUT2D eigenvalue weighted by atomic mass is 32.2. The molecule has 0 aromatic heterocycles.